The van der Waals surface area contributed by atoms with E-state index in [1.807, 2.05) is 0 Å². The Kier molecular flexibility index (Phi) is 34.7. The number of ether oxygens (including phenoxy) is 5. The van der Waals surface area contributed by atoms with Gasteiger partial charge in [-0.1, -0.05) is 162 Å². The van der Waals surface area contributed by atoms with E-state index in [1.165, 1.54) is 141 Å². The molecule has 0 aromatic rings. The van der Waals surface area contributed by atoms with Crippen LogP contribution in [-0.2, 0) is 23.7 Å². The first kappa shape index (κ1) is 58.8. The molecule has 0 aromatic carbocycles. The number of aliphatic hydroxyl groups is 7. The third-order valence-corrected chi connectivity index (χ3v) is 12.5. The predicted octanol–water partition coefficient (Wildman–Crippen LogP) is 3.28. The molecule has 2 heterocycles. The molecule has 0 radical (unpaired) electrons. The molecule has 366 valence electrons. The molecule has 2 fully saturated rings. The Morgan fingerprint density at radius 2 is 0.820 bits per heavy atom. The third kappa shape index (κ3) is 25.9. The number of nitrogens with zero attached hydrogens (tertiary/aromatic N) is 1. The summed E-state index contributed by atoms with van der Waals surface area (Å²) in [5.74, 6) is 0. The molecular formula is C47H94ClNO12. The molecule has 0 amide bonds. The second-order valence-electron chi connectivity index (χ2n) is 18.8. The lowest BCUT2D eigenvalue weighted by Gasteiger charge is -2.43. The summed E-state index contributed by atoms with van der Waals surface area (Å²) in [5.41, 5.74) is 0. The normalized spacial score (nSPS) is 27.6. The van der Waals surface area contributed by atoms with Gasteiger partial charge >= 0.3 is 0 Å². The van der Waals surface area contributed by atoms with E-state index >= 15 is 0 Å². The second kappa shape index (κ2) is 36.0. The van der Waals surface area contributed by atoms with E-state index < -0.39 is 67.5 Å². The Bertz CT molecular complexity index is 1000. The van der Waals surface area contributed by atoms with Gasteiger partial charge in [0, 0.05) is 6.61 Å². The molecule has 2 saturated heterocycles. The molecule has 2 aliphatic rings. The van der Waals surface area contributed by atoms with Crippen molar-refractivity contribution in [2.24, 2.45) is 0 Å². The Morgan fingerprint density at radius 3 is 1.25 bits per heavy atom. The molecule has 0 aromatic heterocycles. The summed E-state index contributed by atoms with van der Waals surface area (Å²) in [6.45, 7) is 5.71. The van der Waals surface area contributed by atoms with E-state index in [-0.39, 0.29) is 32.2 Å². The van der Waals surface area contributed by atoms with Gasteiger partial charge in [0.1, 0.15) is 61.5 Å². The quantitative estimate of drug-likeness (QED) is 0.0355. The van der Waals surface area contributed by atoms with Crippen LogP contribution < -0.4 is 12.4 Å². The lowest BCUT2D eigenvalue weighted by atomic mass is 9.98. The zero-order chi connectivity index (χ0) is 44.0. The summed E-state index contributed by atoms with van der Waals surface area (Å²) in [4.78, 5) is 0. The van der Waals surface area contributed by atoms with Crippen molar-refractivity contribution in [3.8, 4) is 0 Å². The summed E-state index contributed by atoms with van der Waals surface area (Å²) < 4.78 is 29.4. The molecule has 2 aliphatic heterocycles. The molecule has 0 saturated carbocycles. The van der Waals surface area contributed by atoms with Crippen LogP contribution in [0, 0.1) is 0 Å². The SMILES string of the molecule is CCCCCCCCCCCCCCCCCC[N+](C)(C)CC(O)COC[C@H]1O[C@H](OC[C@H]2O[C@@H](OCCCCCCCCCCCC)[C@H](O)[C@@H](O)[C@@H]2O)[C@H](O)[C@@H](O)[C@@H]1O.[Cl-]. The smallest absolute Gasteiger partial charge is 0.186 e. The minimum atomic E-state index is -1.62. The molecule has 11 atom stereocenters. The minimum absolute atomic E-state index is 0. The minimum Gasteiger partial charge on any atom is -1.00 e. The molecule has 2 rings (SSSR count). The van der Waals surface area contributed by atoms with Crippen molar-refractivity contribution in [2.45, 2.75) is 248 Å². The van der Waals surface area contributed by atoms with Crippen molar-refractivity contribution >= 4 is 0 Å². The van der Waals surface area contributed by atoms with E-state index in [2.05, 4.69) is 27.9 Å². The lowest BCUT2D eigenvalue weighted by Crippen LogP contribution is -3.00. The number of rotatable bonds is 38. The predicted molar refractivity (Wildman–Crippen MR) is 235 cm³/mol. The zero-order valence-electron chi connectivity index (χ0n) is 39.0. The highest BCUT2D eigenvalue weighted by molar-refractivity contribution is 4.92. The largest absolute Gasteiger partial charge is 1.00 e. The fourth-order valence-electron chi connectivity index (χ4n) is 8.49. The Labute approximate surface area is 377 Å². The third-order valence-electron chi connectivity index (χ3n) is 12.5. The van der Waals surface area contributed by atoms with Crippen molar-refractivity contribution in [3.05, 3.63) is 0 Å². The summed E-state index contributed by atoms with van der Waals surface area (Å²) in [6, 6.07) is 0. The maximum atomic E-state index is 10.8. The van der Waals surface area contributed by atoms with Crippen LogP contribution in [0.3, 0.4) is 0 Å². The van der Waals surface area contributed by atoms with Gasteiger partial charge in [-0.05, 0) is 19.3 Å². The van der Waals surface area contributed by atoms with Gasteiger partial charge in [0.15, 0.2) is 12.6 Å². The number of hydrogen-bond donors (Lipinski definition) is 7. The van der Waals surface area contributed by atoms with Gasteiger partial charge in [0.2, 0.25) is 0 Å². The number of halogens is 1. The number of likely N-dealkylation sites (N-methyl/N-ethyl adjacent to an activating group) is 1. The maximum Gasteiger partial charge on any atom is 0.186 e. The van der Waals surface area contributed by atoms with Crippen molar-refractivity contribution in [1.29, 1.82) is 0 Å². The molecule has 13 nitrogen and oxygen atoms in total. The van der Waals surface area contributed by atoms with Gasteiger partial charge in [-0.25, -0.2) is 0 Å². The van der Waals surface area contributed by atoms with Crippen molar-refractivity contribution in [1.82, 2.24) is 0 Å². The fraction of sp³-hybridized carbons (Fsp3) is 1.00. The van der Waals surface area contributed by atoms with Gasteiger partial charge in [0.25, 0.3) is 0 Å². The fourth-order valence-corrected chi connectivity index (χ4v) is 8.49. The molecule has 0 bridgehead atoms. The monoisotopic (exact) mass is 900 g/mol. The van der Waals surface area contributed by atoms with Crippen LogP contribution in [0.4, 0.5) is 0 Å². The lowest BCUT2D eigenvalue weighted by molar-refractivity contribution is -0.893. The van der Waals surface area contributed by atoms with Gasteiger partial charge in [0.05, 0.1) is 40.5 Å². The van der Waals surface area contributed by atoms with Crippen molar-refractivity contribution < 1.29 is 76.3 Å². The van der Waals surface area contributed by atoms with E-state index in [1.54, 1.807) is 0 Å². The van der Waals surface area contributed by atoms with Gasteiger partial charge in [-0.3, -0.25) is 0 Å². The molecule has 0 spiro atoms. The molecule has 14 heteroatoms. The number of hydrogen-bond acceptors (Lipinski definition) is 12. The van der Waals surface area contributed by atoms with E-state index in [4.69, 9.17) is 23.7 Å². The molecule has 1 unspecified atom stereocenters. The standard InChI is InChI=1S/C47H94NO12.ClH/c1-5-7-9-11-13-15-17-18-19-20-21-22-23-25-27-29-31-48(3,4)33-37(49)34-56-35-38-40(50)42(52)45(55)47(59-38)58-36-39-41(51)43(53)44(54)46(60-39)57-32-30-28-26-24-16-14-12-10-8-6-2;/h37-47,49-55H,5-36H2,1-4H3;1H/q+1;/p-1/t37?,38-,39-,40-,41-,42+,43+,44-,45-,46-,47+;/m1./s1. The van der Waals surface area contributed by atoms with E-state index in [9.17, 15) is 35.7 Å². The van der Waals surface area contributed by atoms with Crippen molar-refractivity contribution in [2.75, 3.05) is 53.6 Å². The van der Waals surface area contributed by atoms with Crippen LogP contribution in [0.25, 0.3) is 0 Å². The first-order valence-corrected chi connectivity index (χ1v) is 24.6. The van der Waals surface area contributed by atoms with E-state index in [0.717, 1.165) is 32.2 Å². The number of unbranched alkanes of at least 4 members (excludes halogenated alkanes) is 24. The van der Waals surface area contributed by atoms with Gasteiger partial charge in [-0.15, -0.1) is 0 Å². The molecular weight excluding hydrogens is 806 g/mol. The van der Waals surface area contributed by atoms with Crippen LogP contribution in [0.5, 0.6) is 0 Å². The van der Waals surface area contributed by atoms with E-state index in [0.29, 0.717) is 17.6 Å². The highest BCUT2D eigenvalue weighted by Gasteiger charge is 2.47. The van der Waals surface area contributed by atoms with Crippen LogP contribution in [0.1, 0.15) is 181 Å². The first-order valence-electron chi connectivity index (χ1n) is 24.6. The van der Waals surface area contributed by atoms with Crippen molar-refractivity contribution in [3.63, 3.8) is 0 Å². The highest BCUT2D eigenvalue weighted by atomic mass is 35.5. The van der Waals surface area contributed by atoms with Gasteiger partial charge in [-0.2, -0.15) is 0 Å². The summed E-state index contributed by atoms with van der Waals surface area (Å²) in [5, 5.41) is 74.2. The highest BCUT2D eigenvalue weighted by Crippen LogP contribution is 2.27. The zero-order valence-corrected chi connectivity index (χ0v) is 39.7. The Balaban J connectivity index is 0.0000186. The number of quaternary nitrogens is 1. The maximum absolute atomic E-state index is 10.8. The van der Waals surface area contributed by atoms with Crippen LogP contribution in [0.15, 0.2) is 0 Å². The van der Waals surface area contributed by atoms with Crippen LogP contribution in [-0.4, -0.2) is 161 Å². The molecule has 7 N–H and O–H groups in total. The average Bonchev–Trinajstić information content (AvgIpc) is 3.22. The van der Waals surface area contributed by atoms with Crippen LogP contribution in [0.2, 0.25) is 0 Å². The van der Waals surface area contributed by atoms with Gasteiger partial charge < -0.3 is 76.3 Å². The Hall–Kier alpha value is -0.230. The number of aliphatic hydroxyl groups excluding tert-OH is 7. The average molecular weight is 901 g/mol. The Morgan fingerprint density at radius 1 is 0.459 bits per heavy atom. The summed E-state index contributed by atoms with van der Waals surface area (Å²) in [7, 11) is 4.20. The van der Waals surface area contributed by atoms with Crippen LogP contribution >= 0.6 is 0 Å². The summed E-state index contributed by atoms with van der Waals surface area (Å²) >= 11 is 0. The molecule has 0 aliphatic carbocycles. The summed E-state index contributed by atoms with van der Waals surface area (Å²) in [6.07, 6.45) is 18.1. The topological polar surface area (TPSA) is 188 Å². The molecule has 61 heavy (non-hydrogen) atoms. The second-order valence-corrected chi connectivity index (χ2v) is 18.8. The first-order chi connectivity index (χ1) is 28.9.